The third-order valence-corrected chi connectivity index (χ3v) is 5.72. The Bertz CT molecular complexity index is 970. The number of ether oxygens (including phenoxy) is 2. The summed E-state index contributed by atoms with van der Waals surface area (Å²) in [6, 6.07) is 10.4. The predicted octanol–water partition coefficient (Wildman–Crippen LogP) is 6.03. The molecule has 5 nitrogen and oxygen atoms in total. The van der Waals surface area contributed by atoms with Crippen LogP contribution in [0.3, 0.4) is 0 Å². The molecule has 152 valence electrons. The van der Waals surface area contributed by atoms with Crippen molar-refractivity contribution >= 4 is 52.2 Å². The SMILES string of the molecule is COc1cc(C=C2SC(=O)N(Cc3c(Cl)cccc3Cl)C2=O)ccc1OC(C)C. The van der Waals surface area contributed by atoms with E-state index in [2.05, 4.69) is 0 Å². The van der Waals surface area contributed by atoms with Crippen molar-refractivity contribution in [1.29, 1.82) is 0 Å². The van der Waals surface area contributed by atoms with Crippen LogP contribution in [0.5, 0.6) is 11.5 Å². The number of methoxy groups -OCH3 is 1. The van der Waals surface area contributed by atoms with Gasteiger partial charge < -0.3 is 9.47 Å². The first-order chi connectivity index (χ1) is 13.8. The van der Waals surface area contributed by atoms with Gasteiger partial charge in [0, 0.05) is 15.6 Å². The predicted molar refractivity (Wildman–Crippen MR) is 117 cm³/mol. The summed E-state index contributed by atoms with van der Waals surface area (Å²) >= 11 is 13.2. The third-order valence-electron chi connectivity index (χ3n) is 4.10. The maximum absolute atomic E-state index is 12.8. The van der Waals surface area contributed by atoms with Crippen molar-refractivity contribution in [3.05, 3.63) is 62.5 Å². The Balaban J connectivity index is 1.84. The largest absolute Gasteiger partial charge is 0.493 e. The van der Waals surface area contributed by atoms with Gasteiger partial charge in [0.05, 0.1) is 24.7 Å². The number of thioether (sulfide) groups is 1. The number of nitrogens with zero attached hydrogens (tertiary/aromatic N) is 1. The van der Waals surface area contributed by atoms with E-state index in [-0.39, 0.29) is 17.9 Å². The summed E-state index contributed by atoms with van der Waals surface area (Å²) < 4.78 is 11.1. The number of benzene rings is 2. The van der Waals surface area contributed by atoms with E-state index in [1.54, 1.807) is 49.6 Å². The molecule has 0 N–H and O–H groups in total. The van der Waals surface area contributed by atoms with E-state index in [1.165, 1.54) is 0 Å². The van der Waals surface area contributed by atoms with Crippen molar-refractivity contribution in [2.45, 2.75) is 26.5 Å². The highest BCUT2D eigenvalue weighted by molar-refractivity contribution is 8.18. The van der Waals surface area contributed by atoms with Gasteiger partial charge in [-0.1, -0.05) is 35.3 Å². The monoisotopic (exact) mass is 451 g/mol. The Morgan fingerprint density at radius 3 is 2.41 bits per heavy atom. The van der Waals surface area contributed by atoms with Crippen LogP contribution in [0, 0.1) is 0 Å². The van der Waals surface area contributed by atoms with Gasteiger partial charge in [-0.15, -0.1) is 0 Å². The summed E-state index contributed by atoms with van der Waals surface area (Å²) in [6.07, 6.45) is 1.66. The summed E-state index contributed by atoms with van der Waals surface area (Å²) in [5, 5.41) is 0.445. The molecule has 0 spiro atoms. The molecule has 0 saturated carbocycles. The minimum Gasteiger partial charge on any atom is -0.493 e. The van der Waals surface area contributed by atoms with Gasteiger partial charge in [-0.25, -0.2) is 0 Å². The summed E-state index contributed by atoms with van der Waals surface area (Å²) in [5.41, 5.74) is 1.26. The number of rotatable bonds is 6. The molecule has 2 amide bonds. The van der Waals surface area contributed by atoms with E-state index in [1.807, 2.05) is 13.8 Å². The van der Waals surface area contributed by atoms with Gasteiger partial charge in [0.15, 0.2) is 11.5 Å². The Morgan fingerprint density at radius 2 is 1.79 bits per heavy atom. The number of carbonyl (C=O) groups excluding carboxylic acids is 2. The molecule has 2 aromatic carbocycles. The molecule has 0 atom stereocenters. The number of hydrogen-bond acceptors (Lipinski definition) is 5. The van der Waals surface area contributed by atoms with Crippen molar-refractivity contribution in [3.63, 3.8) is 0 Å². The summed E-state index contributed by atoms with van der Waals surface area (Å²) in [6.45, 7) is 3.87. The Labute approximate surface area is 183 Å². The minimum atomic E-state index is -0.391. The lowest BCUT2D eigenvalue weighted by Crippen LogP contribution is -2.27. The summed E-state index contributed by atoms with van der Waals surface area (Å²) in [7, 11) is 1.55. The lowest BCUT2D eigenvalue weighted by molar-refractivity contribution is -0.123. The van der Waals surface area contributed by atoms with E-state index < -0.39 is 5.91 Å². The van der Waals surface area contributed by atoms with Crippen molar-refractivity contribution in [3.8, 4) is 11.5 Å². The molecule has 0 bridgehead atoms. The van der Waals surface area contributed by atoms with Crippen LogP contribution in [0.15, 0.2) is 41.3 Å². The third kappa shape index (κ3) is 4.89. The first-order valence-corrected chi connectivity index (χ1v) is 10.4. The van der Waals surface area contributed by atoms with Crippen LogP contribution in [0.25, 0.3) is 6.08 Å². The van der Waals surface area contributed by atoms with Gasteiger partial charge in [-0.2, -0.15) is 0 Å². The van der Waals surface area contributed by atoms with Gasteiger partial charge in [0.25, 0.3) is 11.1 Å². The lowest BCUT2D eigenvalue weighted by atomic mass is 10.1. The molecule has 1 heterocycles. The normalized spacial score (nSPS) is 15.5. The molecule has 1 saturated heterocycles. The Hall–Kier alpha value is -2.15. The fourth-order valence-electron chi connectivity index (χ4n) is 2.75. The van der Waals surface area contributed by atoms with E-state index >= 15 is 0 Å². The fraction of sp³-hybridized carbons (Fsp3) is 0.238. The van der Waals surface area contributed by atoms with Gasteiger partial charge in [-0.05, 0) is 61.5 Å². The van der Waals surface area contributed by atoms with Crippen LogP contribution in [-0.4, -0.2) is 29.3 Å². The average Bonchev–Trinajstić information content (AvgIpc) is 2.92. The van der Waals surface area contributed by atoms with Crippen molar-refractivity contribution in [2.24, 2.45) is 0 Å². The lowest BCUT2D eigenvalue weighted by Gasteiger charge is -2.15. The van der Waals surface area contributed by atoms with Crippen molar-refractivity contribution < 1.29 is 19.1 Å². The molecule has 29 heavy (non-hydrogen) atoms. The zero-order valence-corrected chi connectivity index (χ0v) is 18.4. The van der Waals surface area contributed by atoms with Crippen LogP contribution in [0.4, 0.5) is 4.79 Å². The highest BCUT2D eigenvalue weighted by Gasteiger charge is 2.35. The maximum atomic E-state index is 12.8. The van der Waals surface area contributed by atoms with Crippen LogP contribution >= 0.6 is 35.0 Å². The van der Waals surface area contributed by atoms with Crippen LogP contribution in [0.2, 0.25) is 10.0 Å². The molecular weight excluding hydrogens is 433 g/mol. The summed E-state index contributed by atoms with van der Waals surface area (Å²) in [5.74, 6) is 0.771. The topological polar surface area (TPSA) is 55.8 Å². The van der Waals surface area contributed by atoms with E-state index in [9.17, 15) is 9.59 Å². The highest BCUT2D eigenvalue weighted by Crippen LogP contribution is 2.37. The van der Waals surface area contributed by atoms with Crippen molar-refractivity contribution in [2.75, 3.05) is 7.11 Å². The van der Waals surface area contributed by atoms with Gasteiger partial charge >= 0.3 is 0 Å². The molecular formula is C21H19Cl2NO4S. The van der Waals surface area contributed by atoms with Crippen LogP contribution in [-0.2, 0) is 11.3 Å². The number of amides is 2. The van der Waals surface area contributed by atoms with E-state index in [0.29, 0.717) is 32.0 Å². The van der Waals surface area contributed by atoms with E-state index in [0.717, 1.165) is 22.2 Å². The molecule has 0 aromatic heterocycles. The molecule has 1 aliphatic heterocycles. The van der Waals surface area contributed by atoms with Crippen LogP contribution < -0.4 is 9.47 Å². The zero-order valence-electron chi connectivity index (χ0n) is 16.1. The molecule has 0 radical (unpaired) electrons. The molecule has 1 aliphatic rings. The molecule has 0 unspecified atom stereocenters. The molecule has 1 fully saturated rings. The van der Waals surface area contributed by atoms with Gasteiger partial charge in [0.2, 0.25) is 0 Å². The Kier molecular flexibility index (Phi) is 6.77. The van der Waals surface area contributed by atoms with Gasteiger partial charge in [0.1, 0.15) is 0 Å². The first kappa shape index (κ1) is 21.6. The second kappa shape index (κ2) is 9.11. The zero-order chi connectivity index (χ0) is 21.1. The second-order valence-electron chi connectivity index (χ2n) is 6.54. The second-order valence-corrected chi connectivity index (χ2v) is 8.35. The quantitative estimate of drug-likeness (QED) is 0.502. The smallest absolute Gasteiger partial charge is 0.293 e. The molecule has 0 aliphatic carbocycles. The number of halogens is 2. The van der Waals surface area contributed by atoms with E-state index in [4.69, 9.17) is 32.7 Å². The standard InChI is InChI=1S/C21H19Cl2NO4S/c1-12(2)28-17-8-7-13(9-18(17)27-3)10-19-20(25)24(21(26)29-19)11-14-15(22)5-4-6-16(14)23/h4-10,12H,11H2,1-3H3. The minimum absolute atomic E-state index is 0.00267. The van der Waals surface area contributed by atoms with Crippen LogP contribution in [0.1, 0.15) is 25.0 Å². The number of imide groups is 1. The highest BCUT2D eigenvalue weighted by atomic mass is 35.5. The molecule has 3 rings (SSSR count). The average molecular weight is 452 g/mol. The van der Waals surface area contributed by atoms with Gasteiger partial charge in [-0.3, -0.25) is 14.5 Å². The molecule has 8 heteroatoms. The van der Waals surface area contributed by atoms with Crippen molar-refractivity contribution in [1.82, 2.24) is 4.90 Å². The first-order valence-electron chi connectivity index (χ1n) is 8.83. The number of hydrogen-bond donors (Lipinski definition) is 0. The Morgan fingerprint density at radius 1 is 1.10 bits per heavy atom. The maximum Gasteiger partial charge on any atom is 0.293 e. The summed E-state index contributed by atoms with van der Waals surface area (Å²) in [4.78, 5) is 26.6. The fourth-order valence-corrected chi connectivity index (χ4v) is 4.11. The number of carbonyl (C=O) groups is 2. The molecule has 2 aromatic rings.